The van der Waals surface area contributed by atoms with E-state index < -0.39 is 12.1 Å². The molecule has 3 aromatic carbocycles. The highest BCUT2D eigenvalue weighted by atomic mass is 35.5. The fourth-order valence-corrected chi connectivity index (χ4v) is 4.22. The van der Waals surface area contributed by atoms with Crippen molar-refractivity contribution >= 4 is 45.8 Å². The van der Waals surface area contributed by atoms with Crippen molar-refractivity contribution in [1.29, 1.82) is 0 Å². The van der Waals surface area contributed by atoms with E-state index >= 15 is 0 Å². The van der Waals surface area contributed by atoms with Gasteiger partial charge in [0, 0.05) is 7.05 Å². The molecule has 6 nitrogen and oxygen atoms in total. The molecule has 0 aliphatic heterocycles. The molecular formula is C26H24Cl2N4O2. The third-order valence-corrected chi connectivity index (χ3v) is 6.68. The standard InChI is InChI=1S/C26H24Cl2N4O2/c1-15-12-13-22(16(2)14-15)32-24(29-20-10-6-5-8-18(20)25(32)33)17(3)31(4)26(34)30-21-11-7-9-19(27)23(21)28/h5-14,17H,1-4H3,(H,30,34). The van der Waals surface area contributed by atoms with E-state index in [1.807, 2.05) is 51.1 Å². The number of aromatic nitrogens is 2. The van der Waals surface area contributed by atoms with Crippen LogP contribution >= 0.6 is 23.2 Å². The SMILES string of the molecule is Cc1ccc(-n2c(C(C)N(C)C(=O)Nc3cccc(Cl)c3Cl)nc3ccccc3c2=O)c(C)c1. The number of urea groups is 1. The van der Waals surface area contributed by atoms with Gasteiger partial charge in [-0.2, -0.15) is 0 Å². The highest BCUT2D eigenvalue weighted by Crippen LogP contribution is 2.30. The summed E-state index contributed by atoms with van der Waals surface area (Å²) in [6.45, 7) is 5.78. The Labute approximate surface area is 207 Å². The second-order valence-corrected chi connectivity index (χ2v) is 9.02. The average Bonchev–Trinajstić information content (AvgIpc) is 2.81. The van der Waals surface area contributed by atoms with E-state index in [1.54, 1.807) is 41.9 Å². The van der Waals surface area contributed by atoms with E-state index in [4.69, 9.17) is 28.2 Å². The van der Waals surface area contributed by atoms with Gasteiger partial charge >= 0.3 is 6.03 Å². The topological polar surface area (TPSA) is 67.2 Å². The molecule has 0 radical (unpaired) electrons. The Morgan fingerprint density at radius 2 is 1.79 bits per heavy atom. The Balaban J connectivity index is 1.81. The number of halogens is 2. The van der Waals surface area contributed by atoms with Gasteiger partial charge in [-0.15, -0.1) is 0 Å². The molecule has 174 valence electrons. The zero-order valence-corrected chi connectivity index (χ0v) is 20.8. The number of benzene rings is 3. The van der Waals surface area contributed by atoms with E-state index in [1.165, 1.54) is 4.90 Å². The number of anilines is 1. The van der Waals surface area contributed by atoms with Crippen LogP contribution in [0.5, 0.6) is 0 Å². The van der Waals surface area contributed by atoms with Crippen LogP contribution in [0.2, 0.25) is 10.0 Å². The maximum atomic E-state index is 13.6. The van der Waals surface area contributed by atoms with Crippen LogP contribution in [0.15, 0.2) is 65.5 Å². The molecule has 1 heterocycles. The number of nitrogens with zero attached hydrogens (tertiary/aromatic N) is 3. The van der Waals surface area contributed by atoms with Gasteiger partial charge in [0.2, 0.25) is 0 Å². The van der Waals surface area contributed by atoms with Gasteiger partial charge < -0.3 is 10.2 Å². The molecule has 4 rings (SSSR count). The van der Waals surface area contributed by atoms with Gasteiger partial charge in [-0.3, -0.25) is 9.36 Å². The zero-order chi connectivity index (χ0) is 24.6. The quantitative estimate of drug-likeness (QED) is 0.350. The molecule has 0 aliphatic rings. The van der Waals surface area contributed by atoms with E-state index in [-0.39, 0.29) is 10.6 Å². The molecule has 0 aliphatic carbocycles. The molecule has 8 heteroatoms. The molecule has 2 amide bonds. The molecular weight excluding hydrogens is 471 g/mol. The zero-order valence-electron chi connectivity index (χ0n) is 19.3. The second-order valence-electron chi connectivity index (χ2n) is 8.24. The molecule has 1 unspecified atom stereocenters. The average molecular weight is 495 g/mol. The first-order chi connectivity index (χ1) is 16.2. The molecule has 0 spiro atoms. The van der Waals surface area contributed by atoms with Gasteiger partial charge in [-0.1, -0.05) is 59.1 Å². The van der Waals surface area contributed by atoms with Crippen LogP contribution in [0.4, 0.5) is 10.5 Å². The number of hydrogen-bond acceptors (Lipinski definition) is 3. The lowest BCUT2D eigenvalue weighted by Gasteiger charge is -2.28. The Bertz CT molecular complexity index is 1470. The van der Waals surface area contributed by atoms with Gasteiger partial charge in [0.15, 0.2) is 0 Å². The van der Waals surface area contributed by atoms with E-state index in [0.29, 0.717) is 27.4 Å². The predicted octanol–water partition coefficient (Wildman–Crippen LogP) is 6.53. The Morgan fingerprint density at radius 1 is 1.06 bits per heavy atom. The largest absolute Gasteiger partial charge is 0.322 e. The molecule has 4 aromatic rings. The van der Waals surface area contributed by atoms with Crippen molar-refractivity contribution < 1.29 is 4.79 Å². The minimum Gasteiger partial charge on any atom is -0.318 e. The smallest absolute Gasteiger partial charge is 0.318 e. The molecule has 1 atom stereocenters. The van der Waals surface area contributed by atoms with Crippen LogP contribution < -0.4 is 10.9 Å². The number of hydrogen-bond donors (Lipinski definition) is 1. The van der Waals surface area contributed by atoms with Crippen LogP contribution in [0, 0.1) is 13.8 Å². The molecule has 0 bridgehead atoms. The summed E-state index contributed by atoms with van der Waals surface area (Å²) >= 11 is 12.3. The molecule has 0 saturated heterocycles. The summed E-state index contributed by atoms with van der Waals surface area (Å²) in [4.78, 5) is 33.0. The minimum absolute atomic E-state index is 0.189. The van der Waals surface area contributed by atoms with Crippen LogP contribution in [-0.2, 0) is 0 Å². The normalized spacial score (nSPS) is 11.9. The third kappa shape index (κ3) is 4.39. The summed E-state index contributed by atoms with van der Waals surface area (Å²) in [6.07, 6.45) is 0. The predicted molar refractivity (Wildman–Crippen MR) is 138 cm³/mol. The van der Waals surface area contributed by atoms with Gasteiger partial charge in [0.05, 0.1) is 38.4 Å². The van der Waals surface area contributed by atoms with Crippen LogP contribution in [0.1, 0.15) is 29.9 Å². The molecule has 34 heavy (non-hydrogen) atoms. The van der Waals surface area contributed by atoms with E-state index in [0.717, 1.165) is 16.8 Å². The number of para-hydroxylation sites is 1. The number of carbonyl (C=O) groups is 1. The first-order valence-corrected chi connectivity index (χ1v) is 11.5. The minimum atomic E-state index is -0.545. The highest BCUT2D eigenvalue weighted by Gasteiger charge is 2.25. The molecule has 1 aromatic heterocycles. The second kappa shape index (κ2) is 9.49. The van der Waals surface area contributed by atoms with Crippen molar-refractivity contribution in [2.75, 3.05) is 12.4 Å². The summed E-state index contributed by atoms with van der Waals surface area (Å²) in [5.74, 6) is 0.450. The first kappa shape index (κ1) is 23.8. The number of nitrogens with one attached hydrogen (secondary N) is 1. The van der Waals surface area contributed by atoms with Gasteiger partial charge in [-0.25, -0.2) is 9.78 Å². The van der Waals surface area contributed by atoms with Crippen LogP contribution in [-0.4, -0.2) is 27.5 Å². The Hall–Kier alpha value is -3.35. The van der Waals surface area contributed by atoms with Gasteiger partial charge in [-0.05, 0) is 56.7 Å². The van der Waals surface area contributed by atoms with Crippen molar-refractivity contribution in [2.45, 2.75) is 26.8 Å². The summed E-state index contributed by atoms with van der Waals surface area (Å²) in [6, 6.07) is 17.2. The number of fused-ring (bicyclic) bond motifs is 1. The summed E-state index contributed by atoms with van der Waals surface area (Å²) in [5.41, 5.74) is 3.53. The molecule has 0 saturated carbocycles. The third-order valence-electron chi connectivity index (χ3n) is 5.86. The summed E-state index contributed by atoms with van der Waals surface area (Å²) in [5, 5.41) is 3.90. The van der Waals surface area contributed by atoms with E-state index in [9.17, 15) is 9.59 Å². The van der Waals surface area contributed by atoms with Gasteiger partial charge in [0.25, 0.3) is 5.56 Å². The number of rotatable bonds is 4. The maximum Gasteiger partial charge on any atom is 0.322 e. The number of amides is 2. The van der Waals surface area contributed by atoms with Crippen molar-refractivity contribution in [2.24, 2.45) is 0 Å². The van der Waals surface area contributed by atoms with E-state index in [2.05, 4.69) is 5.32 Å². The van der Waals surface area contributed by atoms with Crippen molar-refractivity contribution in [1.82, 2.24) is 14.5 Å². The lowest BCUT2D eigenvalue weighted by Crippen LogP contribution is -2.37. The van der Waals surface area contributed by atoms with Crippen LogP contribution in [0.25, 0.3) is 16.6 Å². The van der Waals surface area contributed by atoms with Crippen molar-refractivity contribution in [3.8, 4) is 5.69 Å². The highest BCUT2D eigenvalue weighted by molar-refractivity contribution is 6.43. The lowest BCUT2D eigenvalue weighted by atomic mass is 10.1. The number of aryl methyl sites for hydroxylation is 2. The van der Waals surface area contributed by atoms with Crippen LogP contribution in [0.3, 0.4) is 0 Å². The molecule has 0 fully saturated rings. The van der Waals surface area contributed by atoms with Crippen molar-refractivity contribution in [3.05, 3.63) is 98.0 Å². The fraction of sp³-hybridized carbons (Fsp3) is 0.192. The fourth-order valence-electron chi connectivity index (χ4n) is 3.87. The molecule has 1 N–H and O–H groups in total. The maximum absolute atomic E-state index is 13.6. The van der Waals surface area contributed by atoms with Gasteiger partial charge in [0.1, 0.15) is 5.82 Å². The Kier molecular flexibility index (Phi) is 6.64. The first-order valence-electron chi connectivity index (χ1n) is 10.8. The summed E-state index contributed by atoms with van der Waals surface area (Å²) in [7, 11) is 1.64. The number of carbonyl (C=O) groups excluding carboxylic acids is 1. The monoisotopic (exact) mass is 494 g/mol. The summed E-state index contributed by atoms with van der Waals surface area (Å²) < 4.78 is 1.60. The van der Waals surface area contributed by atoms with Crippen molar-refractivity contribution in [3.63, 3.8) is 0 Å². The Morgan fingerprint density at radius 3 is 2.53 bits per heavy atom. The lowest BCUT2D eigenvalue weighted by molar-refractivity contribution is 0.205.